The number of carbonyl (C=O) groups is 1. The normalized spacial score (nSPS) is 11.1. The van der Waals surface area contributed by atoms with Crippen LogP contribution >= 0.6 is 11.6 Å². The number of amides is 1. The van der Waals surface area contributed by atoms with Gasteiger partial charge in [0, 0.05) is 5.02 Å². The third-order valence-corrected chi connectivity index (χ3v) is 5.53. The van der Waals surface area contributed by atoms with Crippen molar-refractivity contribution in [1.29, 1.82) is 0 Å². The standard InChI is InChI=1S/C27H19ClN2O2/c28-20-15-16-24-23(17-20)30-27(32-24)21-13-7-8-14-22(21)29-26(31)25(18-9-3-1-4-10-18)19-11-5-2-6-12-19/h1-17,25H,(H,29,31). The predicted octanol–water partition coefficient (Wildman–Crippen LogP) is 6.92. The molecule has 4 aromatic carbocycles. The van der Waals surface area contributed by atoms with E-state index in [1.54, 1.807) is 18.2 Å². The molecule has 0 atom stereocenters. The van der Waals surface area contributed by atoms with Crippen LogP contribution in [0.2, 0.25) is 5.02 Å². The molecule has 0 saturated carbocycles. The van der Waals surface area contributed by atoms with Crippen LogP contribution in [0.3, 0.4) is 0 Å². The Hall–Kier alpha value is -3.89. The van der Waals surface area contributed by atoms with E-state index >= 15 is 0 Å². The van der Waals surface area contributed by atoms with Gasteiger partial charge in [-0.3, -0.25) is 4.79 Å². The van der Waals surface area contributed by atoms with Crippen LogP contribution in [0.25, 0.3) is 22.6 Å². The maximum atomic E-state index is 13.5. The molecule has 0 radical (unpaired) electrons. The molecule has 5 aromatic rings. The maximum Gasteiger partial charge on any atom is 0.236 e. The minimum absolute atomic E-state index is 0.131. The number of anilines is 1. The molecule has 0 aliphatic heterocycles. The van der Waals surface area contributed by atoms with Gasteiger partial charge in [-0.1, -0.05) is 84.4 Å². The van der Waals surface area contributed by atoms with Crippen LogP contribution in [0.1, 0.15) is 17.0 Å². The van der Waals surface area contributed by atoms with E-state index in [4.69, 9.17) is 16.0 Å². The van der Waals surface area contributed by atoms with E-state index < -0.39 is 5.92 Å². The van der Waals surface area contributed by atoms with Crippen LogP contribution < -0.4 is 5.32 Å². The van der Waals surface area contributed by atoms with E-state index in [0.717, 1.165) is 11.1 Å². The van der Waals surface area contributed by atoms with Gasteiger partial charge in [0.1, 0.15) is 5.52 Å². The van der Waals surface area contributed by atoms with Crippen molar-refractivity contribution in [2.24, 2.45) is 0 Å². The Morgan fingerprint density at radius 3 is 2.12 bits per heavy atom. The molecule has 1 amide bonds. The number of carbonyl (C=O) groups excluding carboxylic acids is 1. The lowest BCUT2D eigenvalue weighted by Crippen LogP contribution is -2.22. The van der Waals surface area contributed by atoms with Gasteiger partial charge in [-0.05, 0) is 41.5 Å². The van der Waals surface area contributed by atoms with Crippen molar-refractivity contribution in [2.45, 2.75) is 5.92 Å². The first kappa shape index (κ1) is 20.0. The van der Waals surface area contributed by atoms with Crippen molar-refractivity contribution in [1.82, 2.24) is 4.98 Å². The average Bonchev–Trinajstić information content (AvgIpc) is 3.24. The summed E-state index contributed by atoms with van der Waals surface area (Å²) in [6.07, 6.45) is 0. The van der Waals surface area contributed by atoms with Gasteiger partial charge in [-0.25, -0.2) is 4.98 Å². The molecule has 0 aliphatic rings. The first-order valence-electron chi connectivity index (χ1n) is 10.3. The molecule has 5 heteroatoms. The molecule has 1 aromatic heterocycles. The number of hydrogen-bond acceptors (Lipinski definition) is 3. The number of halogens is 1. The van der Waals surface area contributed by atoms with Crippen LogP contribution in [-0.4, -0.2) is 10.9 Å². The Morgan fingerprint density at radius 2 is 1.44 bits per heavy atom. The zero-order valence-corrected chi connectivity index (χ0v) is 17.8. The van der Waals surface area contributed by atoms with Gasteiger partial charge in [-0.15, -0.1) is 0 Å². The molecule has 5 rings (SSSR count). The average molecular weight is 439 g/mol. The van der Waals surface area contributed by atoms with Crippen LogP contribution in [0.4, 0.5) is 5.69 Å². The van der Waals surface area contributed by atoms with E-state index in [1.807, 2.05) is 84.9 Å². The van der Waals surface area contributed by atoms with E-state index in [2.05, 4.69) is 10.3 Å². The third kappa shape index (κ3) is 4.01. The van der Waals surface area contributed by atoms with Crippen LogP contribution in [0.15, 0.2) is 108 Å². The fourth-order valence-corrected chi connectivity index (χ4v) is 3.95. The SMILES string of the molecule is O=C(Nc1ccccc1-c1nc2cc(Cl)ccc2o1)C(c1ccccc1)c1ccccc1. The molecule has 0 unspecified atom stereocenters. The molecule has 1 heterocycles. The lowest BCUT2D eigenvalue weighted by molar-refractivity contribution is -0.116. The molecule has 4 nitrogen and oxygen atoms in total. The fraction of sp³-hybridized carbons (Fsp3) is 0.0370. The van der Waals surface area contributed by atoms with Crippen molar-refractivity contribution in [2.75, 3.05) is 5.32 Å². The van der Waals surface area contributed by atoms with Crippen molar-refractivity contribution in [3.63, 3.8) is 0 Å². The highest BCUT2D eigenvalue weighted by Gasteiger charge is 2.24. The first-order valence-corrected chi connectivity index (χ1v) is 10.6. The first-order chi connectivity index (χ1) is 15.7. The maximum absolute atomic E-state index is 13.5. The quantitative estimate of drug-likeness (QED) is 0.324. The number of aromatic nitrogens is 1. The molecule has 156 valence electrons. The summed E-state index contributed by atoms with van der Waals surface area (Å²) in [6.45, 7) is 0. The number of nitrogens with zero attached hydrogens (tertiary/aromatic N) is 1. The molecule has 0 aliphatic carbocycles. The van der Waals surface area contributed by atoms with Crippen molar-refractivity contribution in [3.05, 3.63) is 119 Å². The summed E-state index contributed by atoms with van der Waals surface area (Å²) >= 11 is 6.09. The lowest BCUT2D eigenvalue weighted by Gasteiger charge is -2.19. The zero-order chi connectivity index (χ0) is 21.9. The number of fused-ring (bicyclic) bond motifs is 1. The monoisotopic (exact) mass is 438 g/mol. The minimum Gasteiger partial charge on any atom is -0.436 e. The summed E-state index contributed by atoms with van der Waals surface area (Å²) < 4.78 is 5.94. The highest BCUT2D eigenvalue weighted by atomic mass is 35.5. The highest BCUT2D eigenvalue weighted by Crippen LogP contribution is 2.33. The van der Waals surface area contributed by atoms with E-state index in [1.165, 1.54) is 0 Å². The smallest absolute Gasteiger partial charge is 0.236 e. The summed E-state index contributed by atoms with van der Waals surface area (Å²) in [6, 6.07) is 32.3. The number of benzene rings is 4. The summed E-state index contributed by atoms with van der Waals surface area (Å²) in [7, 11) is 0. The molecule has 0 spiro atoms. The second kappa shape index (κ2) is 8.69. The Bertz CT molecular complexity index is 1340. The predicted molar refractivity (Wildman–Crippen MR) is 128 cm³/mol. The number of rotatable bonds is 5. The van der Waals surface area contributed by atoms with Crippen molar-refractivity contribution < 1.29 is 9.21 Å². The molecule has 0 fully saturated rings. The van der Waals surface area contributed by atoms with Gasteiger partial charge in [-0.2, -0.15) is 0 Å². The number of nitrogens with one attached hydrogen (secondary N) is 1. The van der Waals surface area contributed by atoms with Gasteiger partial charge >= 0.3 is 0 Å². The Labute approximate surface area is 190 Å². The second-order valence-corrected chi connectivity index (χ2v) is 7.86. The van der Waals surface area contributed by atoms with E-state index in [-0.39, 0.29) is 5.91 Å². The Morgan fingerprint density at radius 1 is 0.812 bits per heavy atom. The van der Waals surface area contributed by atoms with Gasteiger partial charge in [0.25, 0.3) is 0 Å². The number of para-hydroxylation sites is 1. The summed E-state index contributed by atoms with van der Waals surface area (Å²) in [4.78, 5) is 18.1. The number of hydrogen-bond donors (Lipinski definition) is 1. The Kier molecular flexibility index (Phi) is 5.44. The zero-order valence-electron chi connectivity index (χ0n) is 17.0. The van der Waals surface area contributed by atoms with Crippen molar-refractivity contribution in [3.8, 4) is 11.5 Å². The lowest BCUT2D eigenvalue weighted by atomic mass is 9.90. The minimum atomic E-state index is -0.451. The summed E-state index contributed by atoms with van der Waals surface area (Å²) in [5, 5.41) is 3.69. The van der Waals surface area contributed by atoms with Gasteiger partial charge in [0.15, 0.2) is 5.58 Å². The molecular formula is C27H19ClN2O2. The van der Waals surface area contributed by atoms with Crippen LogP contribution in [0, 0.1) is 0 Å². The molecular weight excluding hydrogens is 420 g/mol. The largest absolute Gasteiger partial charge is 0.436 e. The molecule has 0 saturated heterocycles. The van der Waals surface area contributed by atoms with E-state index in [0.29, 0.717) is 33.3 Å². The molecule has 1 N–H and O–H groups in total. The van der Waals surface area contributed by atoms with E-state index in [9.17, 15) is 4.79 Å². The topological polar surface area (TPSA) is 55.1 Å². The van der Waals surface area contributed by atoms with Gasteiger partial charge < -0.3 is 9.73 Å². The second-order valence-electron chi connectivity index (χ2n) is 7.42. The van der Waals surface area contributed by atoms with Crippen LogP contribution in [0.5, 0.6) is 0 Å². The number of oxazole rings is 1. The van der Waals surface area contributed by atoms with Crippen molar-refractivity contribution >= 4 is 34.3 Å². The Balaban J connectivity index is 1.52. The van der Waals surface area contributed by atoms with Crippen LogP contribution in [-0.2, 0) is 4.79 Å². The molecule has 0 bridgehead atoms. The summed E-state index contributed by atoms with van der Waals surface area (Å²) in [5.74, 6) is -0.156. The summed E-state index contributed by atoms with van der Waals surface area (Å²) in [5.41, 5.74) is 4.48. The van der Waals surface area contributed by atoms with Gasteiger partial charge in [0.2, 0.25) is 11.8 Å². The molecule has 32 heavy (non-hydrogen) atoms. The fourth-order valence-electron chi connectivity index (χ4n) is 3.79. The highest BCUT2D eigenvalue weighted by molar-refractivity contribution is 6.31. The third-order valence-electron chi connectivity index (χ3n) is 5.29. The van der Waals surface area contributed by atoms with Gasteiger partial charge in [0.05, 0.1) is 17.2 Å².